The van der Waals surface area contributed by atoms with Crippen molar-refractivity contribution in [1.29, 1.82) is 0 Å². The average Bonchev–Trinajstić information content (AvgIpc) is 2.90. The third-order valence-electron chi connectivity index (χ3n) is 7.20. The van der Waals surface area contributed by atoms with E-state index in [1.54, 1.807) is 19.1 Å². The van der Waals surface area contributed by atoms with Crippen molar-refractivity contribution in [3.05, 3.63) is 93.3 Å². The largest absolute Gasteiger partial charge is 0.573 e. The molecule has 6 nitrogen and oxygen atoms in total. The van der Waals surface area contributed by atoms with Gasteiger partial charge in [0.2, 0.25) is 0 Å². The Morgan fingerprint density at radius 2 is 1.60 bits per heavy atom. The Morgan fingerprint density at radius 3 is 2.27 bits per heavy atom. The first kappa shape index (κ1) is 27.6. The van der Waals surface area contributed by atoms with Gasteiger partial charge in [0.05, 0.1) is 17.8 Å². The van der Waals surface area contributed by atoms with Crippen molar-refractivity contribution in [1.82, 2.24) is 19.5 Å². The molecule has 1 fully saturated rings. The minimum absolute atomic E-state index is 0.115. The molecule has 1 saturated carbocycles. The summed E-state index contributed by atoms with van der Waals surface area (Å²) in [4.78, 5) is 26.6. The van der Waals surface area contributed by atoms with Gasteiger partial charge in [-0.3, -0.25) is 19.3 Å². The number of benzene rings is 1. The summed E-state index contributed by atoms with van der Waals surface area (Å²) in [6, 6.07) is 9.57. The SMILES string of the molecule is Cc1cnc2cc([C@H]3CC[C@H](c4ccccc4C(F)(F)F)CC3)c(=O)n(Cc3ncccc3OC(F)(F)F)c2n1. The van der Waals surface area contributed by atoms with Crippen molar-refractivity contribution in [2.24, 2.45) is 0 Å². The third-order valence-corrected chi connectivity index (χ3v) is 7.20. The van der Waals surface area contributed by atoms with Crippen LogP contribution in [0.3, 0.4) is 0 Å². The molecular weight excluding hydrogens is 538 g/mol. The highest BCUT2D eigenvalue weighted by atomic mass is 19.4. The number of hydrogen-bond donors (Lipinski definition) is 0. The smallest absolute Gasteiger partial charge is 0.404 e. The zero-order valence-electron chi connectivity index (χ0n) is 21.3. The Balaban J connectivity index is 1.49. The average molecular weight is 563 g/mol. The summed E-state index contributed by atoms with van der Waals surface area (Å²) in [5.41, 5.74) is 0.477. The summed E-state index contributed by atoms with van der Waals surface area (Å²) in [6.45, 7) is 1.33. The van der Waals surface area contributed by atoms with Gasteiger partial charge in [0.15, 0.2) is 11.4 Å². The predicted octanol–water partition coefficient (Wildman–Crippen LogP) is 6.90. The van der Waals surface area contributed by atoms with Gasteiger partial charge in [-0.1, -0.05) is 18.2 Å². The summed E-state index contributed by atoms with van der Waals surface area (Å²) < 4.78 is 85.1. The Labute approximate surface area is 224 Å². The van der Waals surface area contributed by atoms with Crippen LogP contribution in [0.15, 0.2) is 59.7 Å². The first-order valence-corrected chi connectivity index (χ1v) is 12.6. The Bertz CT molecular complexity index is 1590. The van der Waals surface area contributed by atoms with Crippen LogP contribution in [0.2, 0.25) is 0 Å². The van der Waals surface area contributed by atoms with Crippen molar-refractivity contribution in [2.75, 3.05) is 0 Å². The molecule has 1 aliphatic carbocycles. The van der Waals surface area contributed by atoms with E-state index in [1.165, 1.54) is 35.2 Å². The number of pyridine rings is 2. The lowest BCUT2D eigenvalue weighted by atomic mass is 9.75. The van der Waals surface area contributed by atoms with Crippen LogP contribution in [0.5, 0.6) is 5.75 Å². The molecule has 0 saturated heterocycles. The molecule has 210 valence electrons. The van der Waals surface area contributed by atoms with Crippen LogP contribution < -0.4 is 10.3 Å². The highest BCUT2D eigenvalue weighted by Crippen LogP contribution is 2.44. The molecule has 0 N–H and O–H groups in total. The van der Waals surface area contributed by atoms with Crippen LogP contribution >= 0.6 is 0 Å². The first-order chi connectivity index (χ1) is 18.9. The van der Waals surface area contributed by atoms with E-state index >= 15 is 0 Å². The van der Waals surface area contributed by atoms with Crippen molar-refractivity contribution in [3.63, 3.8) is 0 Å². The molecule has 4 aromatic rings. The van der Waals surface area contributed by atoms with Crippen LogP contribution in [0, 0.1) is 6.92 Å². The van der Waals surface area contributed by atoms with Crippen LogP contribution in [0.1, 0.15) is 65.6 Å². The number of alkyl halides is 6. The van der Waals surface area contributed by atoms with E-state index in [2.05, 4.69) is 19.7 Å². The standard InChI is InChI=1S/C28H24F6N4O2/c1-16-14-36-22-13-20(18-10-8-17(9-11-18)19-5-2-3-6-21(19)27(29,30)31)26(39)38(25(22)37-16)15-23-24(7-4-12-35-23)40-28(32,33)34/h2-7,12-14,17-18H,8-11,15H2,1H3/t17-,18-. The molecule has 0 spiro atoms. The van der Waals surface area contributed by atoms with Gasteiger partial charge in [-0.25, -0.2) is 4.98 Å². The molecule has 3 heterocycles. The molecule has 0 radical (unpaired) electrons. The number of halogens is 6. The topological polar surface area (TPSA) is 69.9 Å². The van der Waals surface area contributed by atoms with E-state index in [-0.39, 0.29) is 35.3 Å². The summed E-state index contributed by atoms with van der Waals surface area (Å²) >= 11 is 0. The van der Waals surface area contributed by atoms with Gasteiger partial charge >= 0.3 is 12.5 Å². The molecule has 3 aromatic heterocycles. The Kier molecular flexibility index (Phi) is 7.28. The molecule has 0 unspecified atom stereocenters. The summed E-state index contributed by atoms with van der Waals surface area (Å²) in [7, 11) is 0. The van der Waals surface area contributed by atoms with Gasteiger partial charge in [0.1, 0.15) is 11.2 Å². The second kappa shape index (κ2) is 10.5. The fourth-order valence-corrected chi connectivity index (χ4v) is 5.41. The van der Waals surface area contributed by atoms with Crippen LogP contribution in [0.4, 0.5) is 26.3 Å². The number of nitrogens with zero attached hydrogens (tertiary/aromatic N) is 4. The number of hydrogen-bond acceptors (Lipinski definition) is 5. The summed E-state index contributed by atoms with van der Waals surface area (Å²) in [5.74, 6) is -1.12. The molecule has 0 aliphatic heterocycles. The van der Waals surface area contributed by atoms with Crippen LogP contribution in [0.25, 0.3) is 11.2 Å². The molecule has 0 amide bonds. The lowest BCUT2D eigenvalue weighted by Crippen LogP contribution is -2.29. The van der Waals surface area contributed by atoms with Crippen LogP contribution in [-0.4, -0.2) is 25.9 Å². The van der Waals surface area contributed by atoms with Crippen molar-refractivity contribution in [2.45, 2.75) is 63.5 Å². The van der Waals surface area contributed by atoms with Crippen molar-refractivity contribution < 1.29 is 31.1 Å². The van der Waals surface area contributed by atoms with E-state index in [0.717, 1.165) is 12.1 Å². The molecule has 0 bridgehead atoms. The first-order valence-electron chi connectivity index (χ1n) is 12.6. The molecule has 5 rings (SSSR count). The summed E-state index contributed by atoms with van der Waals surface area (Å²) in [5, 5.41) is 0. The maximum absolute atomic E-state index is 13.8. The maximum Gasteiger partial charge on any atom is 0.573 e. The third kappa shape index (κ3) is 5.80. The number of ether oxygens (including phenoxy) is 1. The molecule has 12 heteroatoms. The molecule has 1 aliphatic rings. The number of aromatic nitrogens is 4. The van der Waals surface area contributed by atoms with Gasteiger partial charge in [-0.05, 0) is 74.3 Å². The van der Waals surface area contributed by atoms with Gasteiger partial charge in [0.25, 0.3) is 5.56 Å². The lowest BCUT2D eigenvalue weighted by molar-refractivity contribution is -0.275. The zero-order valence-corrected chi connectivity index (χ0v) is 21.3. The van der Waals surface area contributed by atoms with E-state index < -0.39 is 29.4 Å². The molecule has 0 atom stereocenters. The highest BCUT2D eigenvalue weighted by molar-refractivity contribution is 5.71. The van der Waals surface area contributed by atoms with E-state index in [4.69, 9.17) is 0 Å². The second-order valence-corrected chi connectivity index (χ2v) is 9.84. The van der Waals surface area contributed by atoms with Crippen molar-refractivity contribution >= 4 is 11.2 Å². The van der Waals surface area contributed by atoms with Gasteiger partial charge in [-0.2, -0.15) is 13.2 Å². The predicted molar refractivity (Wildman–Crippen MR) is 134 cm³/mol. The van der Waals surface area contributed by atoms with E-state index in [1.807, 2.05) is 0 Å². The fourth-order valence-electron chi connectivity index (χ4n) is 5.41. The highest BCUT2D eigenvalue weighted by Gasteiger charge is 2.37. The van der Waals surface area contributed by atoms with Crippen molar-refractivity contribution in [3.8, 4) is 5.75 Å². The number of fused-ring (bicyclic) bond motifs is 1. The second-order valence-electron chi connectivity index (χ2n) is 9.84. The van der Waals surface area contributed by atoms with Gasteiger partial charge in [0, 0.05) is 18.0 Å². The minimum atomic E-state index is -4.95. The lowest BCUT2D eigenvalue weighted by Gasteiger charge is -2.30. The Morgan fingerprint density at radius 1 is 0.925 bits per heavy atom. The number of rotatable bonds is 5. The normalized spacial score (nSPS) is 18.2. The monoisotopic (exact) mass is 562 g/mol. The minimum Gasteiger partial charge on any atom is -0.404 e. The fraction of sp³-hybridized carbons (Fsp3) is 0.357. The summed E-state index contributed by atoms with van der Waals surface area (Å²) in [6.07, 6.45) is -4.79. The number of aryl methyl sites for hydroxylation is 1. The molecule has 40 heavy (non-hydrogen) atoms. The van der Waals surface area contributed by atoms with Gasteiger partial charge < -0.3 is 4.74 Å². The molecular formula is C28H24F6N4O2. The van der Waals surface area contributed by atoms with Crippen LogP contribution in [-0.2, 0) is 12.7 Å². The van der Waals surface area contributed by atoms with Gasteiger partial charge in [-0.15, -0.1) is 13.2 Å². The molecule has 1 aromatic carbocycles. The van der Waals surface area contributed by atoms with E-state index in [9.17, 15) is 31.1 Å². The maximum atomic E-state index is 13.8. The van der Waals surface area contributed by atoms with E-state index in [0.29, 0.717) is 42.5 Å². The quantitative estimate of drug-likeness (QED) is 0.248. The zero-order chi connectivity index (χ0) is 28.7. The Hall–Kier alpha value is -3.96.